The van der Waals surface area contributed by atoms with Gasteiger partial charge in [-0.05, 0) is 30.3 Å². The fourth-order valence-electron chi connectivity index (χ4n) is 1.75. The number of ether oxygens (including phenoxy) is 1. The van der Waals surface area contributed by atoms with Crippen LogP contribution in [0.3, 0.4) is 0 Å². The van der Waals surface area contributed by atoms with Crippen molar-refractivity contribution in [3.8, 4) is 5.75 Å². The zero-order valence-corrected chi connectivity index (χ0v) is 12.2. The number of thiocarbonyl (C=S) groups is 1. The van der Waals surface area contributed by atoms with Crippen LogP contribution in [0.15, 0.2) is 42.5 Å². The van der Waals surface area contributed by atoms with Crippen molar-refractivity contribution in [2.75, 3.05) is 5.32 Å². The summed E-state index contributed by atoms with van der Waals surface area (Å²) in [5, 5.41) is 3.42. The summed E-state index contributed by atoms with van der Waals surface area (Å²) >= 11 is 10.9. The first-order valence-corrected chi connectivity index (χ1v) is 6.66. The first-order chi connectivity index (χ1) is 9.97. The van der Waals surface area contributed by atoms with Gasteiger partial charge in [-0.2, -0.15) is 8.78 Å². The van der Waals surface area contributed by atoms with Gasteiger partial charge in [0.1, 0.15) is 10.7 Å². The molecule has 0 amide bonds. The van der Waals surface area contributed by atoms with E-state index in [0.717, 1.165) is 0 Å². The molecule has 0 aliphatic heterocycles. The minimum absolute atomic E-state index is 0.0152. The highest BCUT2D eigenvalue weighted by atomic mass is 35.5. The number of nitrogens with one attached hydrogen (secondary N) is 1. The first-order valence-electron chi connectivity index (χ1n) is 5.87. The van der Waals surface area contributed by atoms with E-state index in [1.807, 2.05) is 0 Å². The van der Waals surface area contributed by atoms with Gasteiger partial charge in [0.25, 0.3) is 0 Å². The highest BCUT2D eigenvalue weighted by Crippen LogP contribution is 2.31. The van der Waals surface area contributed by atoms with E-state index in [-0.39, 0.29) is 10.7 Å². The van der Waals surface area contributed by atoms with Crippen molar-refractivity contribution in [3.05, 3.63) is 53.1 Å². The van der Waals surface area contributed by atoms with Crippen molar-refractivity contribution in [1.29, 1.82) is 0 Å². The zero-order valence-electron chi connectivity index (χ0n) is 10.6. The third-order valence-corrected chi connectivity index (χ3v) is 3.07. The molecule has 0 saturated heterocycles. The van der Waals surface area contributed by atoms with E-state index in [0.29, 0.717) is 22.0 Å². The Bertz CT molecular complexity index is 667. The zero-order chi connectivity index (χ0) is 15.4. The molecule has 0 spiro atoms. The number of anilines is 2. The van der Waals surface area contributed by atoms with Crippen LogP contribution in [0.4, 0.5) is 20.2 Å². The Hall–Kier alpha value is -1.92. The number of halogens is 3. The first kappa shape index (κ1) is 15.5. The second-order valence-electron chi connectivity index (χ2n) is 4.05. The third kappa shape index (κ3) is 4.03. The third-order valence-electron chi connectivity index (χ3n) is 2.62. The van der Waals surface area contributed by atoms with Crippen LogP contribution in [0, 0.1) is 0 Å². The van der Waals surface area contributed by atoms with Crippen molar-refractivity contribution in [2.45, 2.75) is 6.61 Å². The maximum atomic E-state index is 12.4. The van der Waals surface area contributed by atoms with Crippen LogP contribution in [0.25, 0.3) is 0 Å². The number of rotatable bonds is 5. The van der Waals surface area contributed by atoms with Gasteiger partial charge in [-0.1, -0.05) is 36.0 Å². The molecule has 0 aromatic heterocycles. The number of benzene rings is 2. The van der Waals surface area contributed by atoms with Crippen molar-refractivity contribution in [2.24, 2.45) is 5.73 Å². The second-order valence-corrected chi connectivity index (χ2v) is 4.93. The van der Waals surface area contributed by atoms with Crippen LogP contribution in [0.1, 0.15) is 5.56 Å². The van der Waals surface area contributed by atoms with Gasteiger partial charge < -0.3 is 15.8 Å². The van der Waals surface area contributed by atoms with E-state index in [1.165, 1.54) is 6.07 Å². The number of alkyl halides is 2. The van der Waals surface area contributed by atoms with Gasteiger partial charge in [-0.25, -0.2) is 0 Å². The van der Waals surface area contributed by atoms with Crippen LogP contribution >= 0.6 is 23.8 Å². The van der Waals surface area contributed by atoms with E-state index in [1.54, 1.807) is 36.4 Å². The Morgan fingerprint density at radius 1 is 1.19 bits per heavy atom. The molecule has 2 rings (SSSR count). The van der Waals surface area contributed by atoms with Gasteiger partial charge in [0.05, 0.1) is 11.4 Å². The van der Waals surface area contributed by atoms with E-state index < -0.39 is 6.61 Å². The molecule has 0 bridgehead atoms. The van der Waals surface area contributed by atoms with E-state index in [9.17, 15) is 8.78 Å². The molecule has 0 aliphatic carbocycles. The molecule has 0 unspecified atom stereocenters. The summed E-state index contributed by atoms with van der Waals surface area (Å²) in [7, 11) is 0. The number of hydrogen-bond acceptors (Lipinski definition) is 3. The Morgan fingerprint density at radius 3 is 2.57 bits per heavy atom. The van der Waals surface area contributed by atoms with Crippen LogP contribution in [-0.2, 0) is 0 Å². The Morgan fingerprint density at radius 2 is 1.90 bits per heavy atom. The molecule has 110 valence electrons. The Labute approximate surface area is 130 Å². The Kier molecular flexibility index (Phi) is 4.93. The molecule has 2 aromatic carbocycles. The van der Waals surface area contributed by atoms with Crippen molar-refractivity contribution < 1.29 is 13.5 Å². The lowest BCUT2D eigenvalue weighted by Gasteiger charge is -2.15. The fraction of sp³-hybridized carbons (Fsp3) is 0.0714. The maximum Gasteiger partial charge on any atom is 0.387 e. The Balaban J connectivity index is 2.38. The summed E-state index contributed by atoms with van der Waals surface area (Å²) in [5.74, 6) is 0.0152. The lowest BCUT2D eigenvalue weighted by Crippen LogP contribution is -2.12. The van der Waals surface area contributed by atoms with Crippen LogP contribution in [0.2, 0.25) is 5.02 Å². The van der Waals surface area contributed by atoms with Gasteiger partial charge >= 0.3 is 6.61 Å². The predicted molar refractivity (Wildman–Crippen MR) is 83.7 cm³/mol. The minimum Gasteiger partial charge on any atom is -0.433 e. The summed E-state index contributed by atoms with van der Waals surface area (Å²) in [6, 6.07) is 11.2. The molecular weight excluding hydrogens is 318 g/mol. The summed E-state index contributed by atoms with van der Waals surface area (Å²) in [6.07, 6.45) is 0. The molecule has 0 radical (unpaired) electrons. The van der Waals surface area contributed by atoms with E-state index in [2.05, 4.69) is 10.1 Å². The van der Waals surface area contributed by atoms with Gasteiger partial charge in [0.15, 0.2) is 0 Å². The molecule has 0 aliphatic rings. The van der Waals surface area contributed by atoms with Crippen LogP contribution in [0.5, 0.6) is 5.75 Å². The van der Waals surface area contributed by atoms with Gasteiger partial charge in [0.2, 0.25) is 0 Å². The van der Waals surface area contributed by atoms with Gasteiger partial charge in [0, 0.05) is 10.6 Å². The van der Waals surface area contributed by atoms with Crippen molar-refractivity contribution in [3.63, 3.8) is 0 Å². The fourth-order valence-corrected chi connectivity index (χ4v) is 2.10. The SMILES string of the molecule is NC(=S)c1ccc(Cl)cc1Nc1ccccc1OC(F)F. The summed E-state index contributed by atoms with van der Waals surface area (Å²) in [5.41, 5.74) is 7.06. The van der Waals surface area contributed by atoms with Gasteiger partial charge in [-0.3, -0.25) is 0 Å². The normalized spacial score (nSPS) is 10.5. The smallest absolute Gasteiger partial charge is 0.387 e. The molecule has 0 heterocycles. The average Bonchev–Trinajstić information content (AvgIpc) is 2.40. The molecule has 21 heavy (non-hydrogen) atoms. The predicted octanol–water partition coefficient (Wildman–Crippen LogP) is 4.32. The van der Waals surface area contributed by atoms with Crippen LogP contribution < -0.4 is 15.8 Å². The summed E-state index contributed by atoms with van der Waals surface area (Å²) < 4.78 is 29.3. The second kappa shape index (κ2) is 6.69. The maximum absolute atomic E-state index is 12.4. The van der Waals surface area contributed by atoms with Gasteiger partial charge in [-0.15, -0.1) is 0 Å². The molecule has 3 N–H and O–H groups in total. The quantitative estimate of drug-likeness (QED) is 0.802. The van der Waals surface area contributed by atoms with E-state index >= 15 is 0 Å². The standard InChI is InChI=1S/C14H11ClF2N2OS/c15-8-5-6-9(13(18)21)11(7-8)19-10-3-1-2-4-12(10)20-14(16)17/h1-7,14,19H,(H2,18,21). The number of hydrogen-bond donors (Lipinski definition) is 2. The molecule has 0 fully saturated rings. The van der Waals surface area contributed by atoms with Crippen LogP contribution in [-0.4, -0.2) is 11.6 Å². The molecular formula is C14H11ClF2N2OS. The van der Waals surface area contributed by atoms with E-state index in [4.69, 9.17) is 29.6 Å². The average molecular weight is 329 g/mol. The molecule has 2 aromatic rings. The number of para-hydroxylation sites is 2. The van der Waals surface area contributed by atoms with Crippen molar-refractivity contribution >= 4 is 40.2 Å². The molecule has 3 nitrogen and oxygen atoms in total. The number of nitrogens with two attached hydrogens (primary N) is 1. The lowest BCUT2D eigenvalue weighted by molar-refractivity contribution is -0.0493. The molecule has 0 atom stereocenters. The monoisotopic (exact) mass is 328 g/mol. The largest absolute Gasteiger partial charge is 0.433 e. The topological polar surface area (TPSA) is 47.3 Å². The summed E-state index contributed by atoms with van der Waals surface area (Å²) in [6.45, 7) is -2.91. The lowest BCUT2D eigenvalue weighted by atomic mass is 10.1. The molecule has 0 saturated carbocycles. The molecule has 7 heteroatoms. The highest BCUT2D eigenvalue weighted by molar-refractivity contribution is 7.80. The summed E-state index contributed by atoms with van der Waals surface area (Å²) in [4.78, 5) is 0.168. The van der Waals surface area contributed by atoms with Crippen molar-refractivity contribution in [1.82, 2.24) is 0 Å². The highest BCUT2D eigenvalue weighted by Gasteiger charge is 2.12. The minimum atomic E-state index is -2.91.